The predicted molar refractivity (Wildman–Crippen MR) is 102 cm³/mol. The molecule has 0 aliphatic carbocycles. The minimum absolute atomic E-state index is 0.0493. The molecule has 3 heterocycles. The highest BCUT2D eigenvalue weighted by molar-refractivity contribution is 5.75. The van der Waals surface area contributed by atoms with Crippen LogP contribution in [-0.4, -0.2) is 48.9 Å². The van der Waals surface area contributed by atoms with E-state index in [1.807, 2.05) is 18.2 Å². The number of imidazole rings is 1. The number of hydrogen-bond donors (Lipinski definition) is 1. The maximum absolute atomic E-state index is 13.1. The zero-order chi connectivity index (χ0) is 22.2. The van der Waals surface area contributed by atoms with Gasteiger partial charge in [-0.05, 0) is 6.07 Å². The summed E-state index contributed by atoms with van der Waals surface area (Å²) in [5, 5.41) is 9.80. The third-order valence-corrected chi connectivity index (χ3v) is 5.13. The van der Waals surface area contributed by atoms with Crippen LogP contribution in [0, 0.1) is 0 Å². The lowest BCUT2D eigenvalue weighted by molar-refractivity contribution is -0.147. The fourth-order valence-electron chi connectivity index (χ4n) is 3.60. The summed E-state index contributed by atoms with van der Waals surface area (Å²) < 4.78 is 47.4. The zero-order valence-corrected chi connectivity index (χ0v) is 16.8. The van der Waals surface area contributed by atoms with Crippen molar-refractivity contribution in [3.05, 3.63) is 59.7 Å². The van der Waals surface area contributed by atoms with E-state index in [0.717, 1.165) is 4.57 Å². The van der Waals surface area contributed by atoms with Crippen molar-refractivity contribution < 1.29 is 22.7 Å². The number of alkyl halides is 3. The lowest BCUT2D eigenvalue weighted by atomic mass is 10.0. The summed E-state index contributed by atoms with van der Waals surface area (Å²) in [4.78, 5) is 18.8. The number of halogens is 3. The van der Waals surface area contributed by atoms with Gasteiger partial charge in [0, 0.05) is 38.1 Å². The van der Waals surface area contributed by atoms with Gasteiger partial charge in [0.2, 0.25) is 5.82 Å². The first-order valence-corrected chi connectivity index (χ1v) is 9.44. The number of nitrogens with zero attached hydrogens (tertiary/aromatic N) is 6. The molecule has 1 N–H and O–H groups in total. The summed E-state index contributed by atoms with van der Waals surface area (Å²) in [6.45, 7) is -0.0559. The maximum atomic E-state index is 13.1. The number of rotatable bonds is 4. The van der Waals surface area contributed by atoms with Crippen LogP contribution in [0.1, 0.15) is 29.1 Å². The van der Waals surface area contributed by atoms with Crippen LogP contribution in [0.4, 0.5) is 18.0 Å². The highest BCUT2D eigenvalue weighted by atomic mass is 19.4. The molecule has 1 aliphatic heterocycles. The minimum Gasteiger partial charge on any atom is -0.496 e. The van der Waals surface area contributed by atoms with Gasteiger partial charge >= 0.3 is 12.2 Å². The van der Waals surface area contributed by atoms with E-state index in [2.05, 4.69) is 20.5 Å². The van der Waals surface area contributed by atoms with Crippen LogP contribution < -0.4 is 10.1 Å². The number of methoxy groups -OCH3 is 1. The fourth-order valence-corrected chi connectivity index (χ4v) is 3.60. The summed E-state index contributed by atoms with van der Waals surface area (Å²) in [5.74, 6) is 0.184. The number of carbonyl (C=O) groups excluding carboxylic acids is 1. The topological polar surface area (TPSA) is 90.1 Å². The number of benzene rings is 1. The van der Waals surface area contributed by atoms with Crippen LogP contribution in [0.5, 0.6) is 5.75 Å². The Morgan fingerprint density at radius 1 is 1.23 bits per heavy atom. The summed E-state index contributed by atoms with van der Waals surface area (Å²) in [6.07, 6.45) is -1.22. The molecular formula is C19H20F3N7O2. The number of amides is 2. The van der Waals surface area contributed by atoms with E-state index in [9.17, 15) is 18.0 Å². The largest absolute Gasteiger partial charge is 0.496 e. The van der Waals surface area contributed by atoms with Crippen LogP contribution in [0.2, 0.25) is 0 Å². The first kappa shape index (κ1) is 20.7. The second-order valence-corrected chi connectivity index (χ2v) is 7.03. The first-order valence-electron chi connectivity index (χ1n) is 9.44. The van der Waals surface area contributed by atoms with E-state index in [1.54, 1.807) is 30.1 Å². The molecule has 0 bridgehead atoms. The highest BCUT2D eigenvalue weighted by Crippen LogP contribution is 2.31. The molecule has 0 spiro atoms. The van der Waals surface area contributed by atoms with Gasteiger partial charge in [-0.25, -0.2) is 9.78 Å². The monoisotopic (exact) mass is 435 g/mol. The van der Waals surface area contributed by atoms with E-state index in [4.69, 9.17) is 4.74 Å². The van der Waals surface area contributed by atoms with Crippen molar-refractivity contribution in [3.63, 3.8) is 0 Å². The molecule has 9 nitrogen and oxygen atoms in total. The molecule has 0 radical (unpaired) electrons. The molecule has 3 aromatic rings. The first-order chi connectivity index (χ1) is 14.8. The Morgan fingerprint density at radius 2 is 2.00 bits per heavy atom. The minimum atomic E-state index is -4.59. The molecule has 1 aliphatic rings. The summed E-state index contributed by atoms with van der Waals surface area (Å²) in [6, 6.07) is 6.15. The molecular weight excluding hydrogens is 415 g/mol. The Labute approximate surface area is 175 Å². The summed E-state index contributed by atoms with van der Waals surface area (Å²) in [7, 11) is 3.34. The average Bonchev–Trinajstić information content (AvgIpc) is 3.37. The van der Waals surface area contributed by atoms with Crippen molar-refractivity contribution in [3.8, 4) is 5.75 Å². The third-order valence-electron chi connectivity index (χ3n) is 5.13. The average molecular weight is 435 g/mol. The van der Waals surface area contributed by atoms with Crippen LogP contribution in [0.3, 0.4) is 0 Å². The van der Waals surface area contributed by atoms with Gasteiger partial charge in [-0.2, -0.15) is 13.2 Å². The molecule has 2 amide bonds. The van der Waals surface area contributed by atoms with Gasteiger partial charge < -0.3 is 24.1 Å². The smallest absolute Gasteiger partial charge is 0.451 e. The van der Waals surface area contributed by atoms with Gasteiger partial charge in [-0.15, -0.1) is 10.2 Å². The summed E-state index contributed by atoms with van der Waals surface area (Å²) >= 11 is 0. The van der Waals surface area contributed by atoms with E-state index in [-0.39, 0.29) is 25.5 Å². The van der Waals surface area contributed by atoms with Gasteiger partial charge in [0.15, 0.2) is 5.82 Å². The number of fused-ring (bicyclic) bond motifs is 1. The van der Waals surface area contributed by atoms with Crippen molar-refractivity contribution in [2.75, 3.05) is 13.7 Å². The number of aromatic nitrogens is 5. The molecule has 0 saturated heterocycles. The molecule has 164 valence electrons. The Balaban J connectivity index is 1.59. The molecule has 1 aromatic carbocycles. The Morgan fingerprint density at radius 3 is 2.68 bits per heavy atom. The van der Waals surface area contributed by atoms with Crippen molar-refractivity contribution >= 4 is 6.03 Å². The van der Waals surface area contributed by atoms with Crippen LogP contribution in [0.15, 0.2) is 36.7 Å². The predicted octanol–water partition coefficient (Wildman–Crippen LogP) is 2.35. The van der Waals surface area contributed by atoms with Gasteiger partial charge in [-0.1, -0.05) is 18.2 Å². The molecule has 0 fully saturated rings. The molecule has 2 aromatic heterocycles. The van der Waals surface area contributed by atoms with Crippen LogP contribution in [-0.2, 0) is 26.3 Å². The number of aryl methyl sites for hydroxylation is 1. The van der Waals surface area contributed by atoms with Crippen molar-refractivity contribution in [2.45, 2.75) is 25.3 Å². The number of carbonyl (C=O) groups is 1. The van der Waals surface area contributed by atoms with Gasteiger partial charge in [-0.3, -0.25) is 0 Å². The lowest BCUT2D eigenvalue weighted by Gasteiger charge is -2.30. The van der Waals surface area contributed by atoms with Crippen LogP contribution in [0.25, 0.3) is 0 Å². The normalized spacial score (nSPS) is 14.8. The van der Waals surface area contributed by atoms with E-state index < -0.39 is 24.1 Å². The van der Waals surface area contributed by atoms with Crippen molar-refractivity contribution in [1.82, 2.24) is 34.5 Å². The molecule has 0 saturated carbocycles. The van der Waals surface area contributed by atoms with E-state index >= 15 is 0 Å². The number of nitrogens with one attached hydrogen (secondary N) is 1. The molecule has 1 unspecified atom stereocenters. The Bertz CT molecular complexity index is 1090. The number of urea groups is 1. The maximum Gasteiger partial charge on any atom is 0.451 e. The molecule has 31 heavy (non-hydrogen) atoms. The van der Waals surface area contributed by atoms with Crippen molar-refractivity contribution in [2.24, 2.45) is 7.05 Å². The standard InChI is InChI=1S/C19H20F3N7O2/c1-27-8-7-23-16(27)15(12-5-3-4-6-13(12)31-2)24-18(30)28-9-10-29-14(11-28)25-26-17(29)19(20,21)22/h3-8,15H,9-11H2,1-2H3,(H,24,30). The Hall–Kier alpha value is -3.57. The van der Waals surface area contributed by atoms with Gasteiger partial charge in [0.25, 0.3) is 0 Å². The third kappa shape index (κ3) is 3.92. The van der Waals surface area contributed by atoms with Crippen LogP contribution >= 0.6 is 0 Å². The summed E-state index contributed by atoms with van der Waals surface area (Å²) in [5.41, 5.74) is 0.701. The second-order valence-electron chi connectivity index (χ2n) is 7.03. The highest BCUT2D eigenvalue weighted by Gasteiger charge is 2.40. The number of hydrogen-bond acceptors (Lipinski definition) is 5. The van der Waals surface area contributed by atoms with Crippen molar-refractivity contribution in [1.29, 1.82) is 0 Å². The van der Waals surface area contributed by atoms with Gasteiger partial charge in [0.05, 0.1) is 13.7 Å². The quantitative estimate of drug-likeness (QED) is 0.680. The van der Waals surface area contributed by atoms with E-state index in [1.165, 1.54) is 12.0 Å². The molecule has 12 heteroatoms. The lowest BCUT2D eigenvalue weighted by Crippen LogP contribution is -2.46. The molecule has 4 rings (SSSR count). The fraction of sp³-hybridized carbons (Fsp3) is 0.368. The van der Waals surface area contributed by atoms with Gasteiger partial charge in [0.1, 0.15) is 17.6 Å². The Kier molecular flexibility index (Phi) is 5.29. The van der Waals surface area contributed by atoms with E-state index in [0.29, 0.717) is 17.1 Å². The zero-order valence-electron chi connectivity index (χ0n) is 16.8. The number of para-hydroxylation sites is 1. The number of ether oxygens (including phenoxy) is 1. The SMILES string of the molecule is COc1ccccc1C(NC(=O)N1CCn2c(nnc2C(F)(F)F)C1)c1nccn1C. The molecule has 1 atom stereocenters. The second kappa shape index (κ2) is 7.93.